The summed E-state index contributed by atoms with van der Waals surface area (Å²) in [4.78, 5) is 24.6. The van der Waals surface area contributed by atoms with Crippen LogP contribution in [0, 0.1) is 5.41 Å². The standard InChI is InChI=1S/C11H22N4O3/c1-11(2,9(16)17)8-12-10(18)13-15-6-4-14(3)5-7-15/h4-8H2,1-3H3,(H,16,17)(H2,12,13,18). The molecule has 18 heavy (non-hydrogen) atoms. The first kappa shape index (κ1) is 14.7. The first-order valence-corrected chi connectivity index (χ1v) is 6.02. The number of piperazine rings is 1. The highest BCUT2D eigenvalue weighted by atomic mass is 16.4. The zero-order chi connectivity index (χ0) is 13.8. The molecule has 3 N–H and O–H groups in total. The van der Waals surface area contributed by atoms with Crippen molar-refractivity contribution in [1.82, 2.24) is 20.7 Å². The minimum atomic E-state index is -0.959. The summed E-state index contributed by atoms with van der Waals surface area (Å²) in [5, 5.41) is 13.3. The molecule has 0 radical (unpaired) electrons. The van der Waals surface area contributed by atoms with E-state index in [1.54, 1.807) is 13.8 Å². The SMILES string of the molecule is CN1CCN(NC(=O)NCC(C)(C)C(=O)O)CC1. The number of rotatable bonds is 4. The van der Waals surface area contributed by atoms with Gasteiger partial charge >= 0.3 is 12.0 Å². The highest BCUT2D eigenvalue weighted by Gasteiger charge is 2.27. The first-order valence-electron chi connectivity index (χ1n) is 6.02. The molecular formula is C11H22N4O3. The van der Waals surface area contributed by atoms with Gasteiger partial charge in [-0.25, -0.2) is 9.80 Å². The third kappa shape index (κ3) is 4.50. The summed E-state index contributed by atoms with van der Waals surface area (Å²) in [7, 11) is 2.03. The molecule has 0 aromatic carbocycles. The summed E-state index contributed by atoms with van der Waals surface area (Å²) >= 11 is 0. The van der Waals surface area contributed by atoms with Crippen LogP contribution in [-0.2, 0) is 4.79 Å². The first-order chi connectivity index (χ1) is 8.31. The Labute approximate surface area is 107 Å². The van der Waals surface area contributed by atoms with E-state index in [9.17, 15) is 9.59 Å². The fraction of sp³-hybridized carbons (Fsp3) is 0.818. The van der Waals surface area contributed by atoms with Gasteiger partial charge in [-0.05, 0) is 20.9 Å². The fourth-order valence-electron chi connectivity index (χ4n) is 1.48. The number of nitrogens with zero attached hydrogens (tertiary/aromatic N) is 2. The number of carboxylic acids is 1. The van der Waals surface area contributed by atoms with Crippen LogP contribution in [0.2, 0.25) is 0 Å². The predicted molar refractivity (Wildman–Crippen MR) is 67.0 cm³/mol. The van der Waals surface area contributed by atoms with Crippen molar-refractivity contribution in [3.05, 3.63) is 0 Å². The lowest BCUT2D eigenvalue weighted by Gasteiger charge is -2.32. The second kappa shape index (κ2) is 6.01. The molecule has 2 amide bonds. The average molecular weight is 258 g/mol. The summed E-state index contributed by atoms with van der Waals surface area (Å²) in [6.45, 7) is 6.60. The van der Waals surface area contributed by atoms with Crippen molar-refractivity contribution >= 4 is 12.0 Å². The molecule has 1 aliphatic rings. The van der Waals surface area contributed by atoms with Crippen LogP contribution in [0.4, 0.5) is 4.79 Å². The fourth-order valence-corrected chi connectivity index (χ4v) is 1.48. The summed E-state index contributed by atoms with van der Waals surface area (Å²) in [6, 6.07) is -0.353. The van der Waals surface area contributed by atoms with E-state index in [1.165, 1.54) is 0 Å². The highest BCUT2D eigenvalue weighted by Crippen LogP contribution is 2.12. The number of hydrogen-bond acceptors (Lipinski definition) is 4. The third-order valence-corrected chi connectivity index (χ3v) is 3.03. The van der Waals surface area contributed by atoms with E-state index in [0.717, 1.165) is 26.2 Å². The number of likely N-dealkylation sites (N-methyl/N-ethyl adjacent to an activating group) is 1. The van der Waals surface area contributed by atoms with Crippen molar-refractivity contribution in [2.75, 3.05) is 39.8 Å². The summed E-state index contributed by atoms with van der Waals surface area (Å²) < 4.78 is 0. The number of hydrogen-bond donors (Lipinski definition) is 3. The summed E-state index contributed by atoms with van der Waals surface area (Å²) in [5.41, 5.74) is 1.76. The molecule has 1 fully saturated rings. The molecule has 0 atom stereocenters. The van der Waals surface area contributed by atoms with Crippen molar-refractivity contribution in [3.63, 3.8) is 0 Å². The van der Waals surface area contributed by atoms with Gasteiger partial charge in [-0.3, -0.25) is 10.2 Å². The summed E-state index contributed by atoms with van der Waals surface area (Å²) in [6.07, 6.45) is 0. The van der Waals surface area contributed by atoms with Crippen LogP contribution in [0.25, 0.3) is 0 Å². The van der Waals surface area contributed by atoms with Gasteiger partial charge in [0.25, 0.3) is 0 Å². The van der Waals surface area contributed by atoms with Crippen LogP contribution in [0.15, 0.2) is 0 Å². The molecule has 0 aromatic rings. The normalized spacial score (nSPS) is 18.4. The lowest BCUT2D eigenvalue weighted by Crippen LogP contribution is -2.55. The Morgan fingerprint density at radius 3 is 2.28 bits per heavy atom. The van der Waals surface area contributed by atoms with Gasteiger partial charge in [0, 0.05) is 32.7 Å². The minimum Gasteiger partial charge on any atom is -0.481 e. The summed E-state index contributed by atoms with van der Waals surface area (Å²) in [5.74, 6) is -0.928. The van der Waals surface area contributed by atoms with Crippen molar-refractivity contribution in [2.24, 2.45) is 5.41 Å². The monoisotopic (exact) mass is 258 g/mol. The van der Waals surface area contributed by atoms with E-state index < -0.39 is 11.4 Å². The smallest absolute Gasteiger partial charge is 0.329 e. The van der Waals surface area contributed by atoms with E-state index >= 15 is 0 Å². The molecule has 7 nitrogen and oxygen atoms in total. The van der Waals surface area contributed by atoms with Gasteiger partial charge in [0.05, 0.1) is 5.41 Å². The zero-order valence-corrected chi connectivity index (χ0v) is 11.2. The maximum atomic E-state index is 11.6. The quantitative estimate of drug-likeness (QED) is 0.636. The minimum absolute atomic E-state index is 0.0991. The second-order valence-electron chi connectivity index (χ2n) is 5.27. The number of carbonyl (C=O) groups is 2. The van der Waals surface area contributed by atoms with Crippen molar-refractivity contribution in [1.29, 1.82) is 0 Å². The molecule has 1 rings (SSSR count). The molecule has 0 aliphatic carbocycles. The largest absolute Gasteiger partial charge is 0.481 e. The number of hydrazine groups is 1. The van der Waals surface area contributed by atoms with E-state index in [0.29, 0.717) is 0 Å². The predicted octanol–water partition coefficient (Wildman–Crippen LogP) is -0.441. The number of amides is 2. The number of aliphatic carboxylic acids is 1. The number of nitrogens with one attached hydrogen (secondary N) is 2. The van der Waals surface area contributed by atoms with E-state index in [-0.39, 0.29) is 12.6 Å². The van der Waals surface area contributed by atoms with Crippen LogP contribution in [0.1, 0.15) is 13.8 Å². The van der Waals surface area contributed by atoms with Crippen molar-refractivity contribution < 1.29 is 14.7 Å². The lowest BCUT2D eigenvalue weighted by molar-refractivity contribution is -0.146. The zero-order valence-electron chi connectivity index (χ0n) is 11.2. The molecule has 0 unspecified atom stereocenters. The van der Waals surface area contributed by atoms with Gasteiger partial charge in [-0.1, -0.05) is 0 Å². The molecule has 0 bridgehead atoms. The molecule has 0 spiro atoms. The van der Waals surface area contributed by atoms with Crippen molar-refractivity contribution in [2.45, 2.75) is 13.8 Å². The highest BCUT2D eigenvalue weighted by molar-refractivity contribution is 5.77. The average Bonchev–Trinajstić information content (AvgIpc) is 2.29. The maximum absolute atomic E-state index is 11.6. The van der Waals surface area contributed by atoms with Crippen LogP contribution in [-0.4, -0.2) is 66.8 Å². The molecule has 7 heteroatoms. The Kier molecular flexibility index (Phi) is 4.92. The van der Waals surface area contributed by atoms with E-state index in [4.69, 9.17) is 5.11 Å². The van der Waals surface area contributed by atoms with Gasteiger partial charge in [0.1, 0.15) is 0 Å². The van der Waals surface area contributed by atoms with Gasteiger partial charge in [0.15, 0.2) is 0 Å². The molecular weight excluding hydrogens is 236 g/mol. The third-order valence-electron chi connectivity index (χ3n) is 3.03. The van der Waals surface area contributed by atoms with Crippen LogP contribution >= 0.6 is 0 Å². The topological polar surface area (TPSA) is 84.9 Å². The van der Waals surface area contributed by atoms with Crippen LogP contribution in [0.5, 0.6) is 0 Å². The van der Waals surface area contributed by atoms with Gasteiger partial charge in [0.2, 0.25) is 0 Å². The molecule has 0 saturated carbocycles. The Bertz CT molecular complexity index is 311. The van der Waals surface area contributed by atoms with Crippen LogP contribution < -0.4 is 10.7 Å². The lowest BCUT2D eigenvalue weighted by atomic mass is 9.94. The maximum Gasteiger partial charge on any atom is 0.329 e. The Morgan fingerprint density at radius 1 is 1.22 bits per heavy atom. The van der Waals surface area contributed by atoms with E-state index in [1.807, 2.05) is 12.1 Å². The Morgan fingerprint density at radius 2 is 1.78 bits per heavy atom. The number of carboxylic acid groups (broad SMARTS) is 1. The Balaban J connectivity index is 2.28. The van der Waals surface area contributed by atoms with Gasteiger partial charge < -0.3 is 15.3 Å². The molecule has 0 aromatic heterocycles. The van der Waals surface area contributed by atoms with E-state index in [2.05, 4.69) is 15.6 Å². The molecule has 1 heterocycles. The van der Waals surface area contributed by atoms with Gasteiger partial charge in [-0.15, -0.1) is 0 Å². The molecule has 1 aliphatic heterocycles. The van der Waals surface area contributed by atoms with Crippen molar-refractivity contribution in [3.8, 4) is 0 Å². The molecule has 104 valence electrons. The van der Waals surface area contributed by atoms with Crippen LogP contribution in [0.3, 0.4) is 0 Å². The number of carbonyl (C=O) groups excluding carboxylic acids is 1. The van der Waals surface area contributed by atoms with Gasteiger partial charge in [-0.2, -0.15) is 0 Å². The molecule has 1 saturated heterocycles. The second-order valence-corrected chi connectivity index (χ2v) is 5.27. The Hall–Kier alpha value is -1.34. The number of urea groups is 1.